The van der Waals surface area contributed by atoms with Crippen molar-refractivity contribution in [3.05, 3.63) is 47.5 Å². The molecule has 0 aliphatic carbocycles. The van der Waals surface area contributed by atoms with Crippen molar-refractivity contribution < 1.29 is 8.42 Å². The molecule has 2 aromatic carbocycles. The Kier molecular flexibility index (Phi) is 3.65. The van der Waals surface area contributed by atoms with Gasteiger partial charge >= 0.3 is 0 Å². The van der Waals surface area contributed by atoms with E-state index in [9.17, 15) is 8.42 Å². The van der Waals surface area contributed by atoms with E-state index >= 15 is 0 Å². The fraction of sp³-hybridized carbons (Fsp3) is 0.333. The molecule has 0 aromatic heterocycles. The standard InChI is InChI=1S/C15H19NO2S/c1-10-8-9-12-6-4-5-7-13(12)14(10)15(16)11(2)19(3,17)18/h4-9,11,15H,16H2,1-3H3. The minimum atomic E-state index is -3.16. The fourth-order valence-corrected chi connectivity index (χ4v) is 3.02. The molecule has 2 atom stereocenters. The van der Waals surface area contributed by atoms with Crippen LogP contribution in [0.2, 0.25) is 0 Å². The zero-order chi connectivity index (χ0) is 14.2. The summed E-state index contributed by atoms with van der Waals surface area (Å²) >= 11 is 0. The molecule has 2 unspecified atom stereocenters. The van der Waals surface area contributed by atoms with Crippen LogP contribution in [0.4, 0.5) is 0 Å². The number of sulfone groups is 1. The van der Waals surface area contributed by atoms with Gasteiger partial charge in [-0.25, -0.2) is 8.42 Å². The van der Waals surface area contributed by atoms with Crippen LogP contribution in [-0.2, 0) is 9.84 Å². The van der Waals surface area contributed by atoms with E-state index in [4.69, 9.17) is 5.73 Å². The Morgan fingerprint density at radius 3 is 2.37 bits per heavy atom. The number of benzene rings is 2. The summed E-state index contributed by atoms with van der Waals surface area (Å²) < 4.78 is 23.4. The van der Waals surface area contributed by atoms with E-state index in [0.717, 1.165) is 21.9 Å². The molecular formula is C15H19NO2S. The number of hydrogen-bond acceptors (Lipinski definition) is 3. The maximum Gasteiger partial charge on any atom is 0.151 e. The average Bonchev–Trinajstić information content (AvgIpc) is 2.36. The molecule has 2 rings (SSSR count). The van der Waals surface area contributed by atoms with Crippen LogP contribution in [0.3, 0.4) is 0 Å². The zero-order valence-corrected chi connectivity index (χ0v) is 12.2. The monoisotopic (exact) mass is 277 g/mol. The molecule has 2 aromatic rings. The largest absolute Gasteiger partial charge is 0.323 e. The minimum absolute atomic E-state index is 0.513. The predicted molar refractivity (Wildman–Crippen MR) is 79.9 cm³/mol. The quantitative estimate of drug-likeness (QED) is 0.938. The molecule has 0 spiro atoms. The zero-order valence-electron chi connectivity index (χ0n) is 11.4. The number of aryl methyl sites for hydroxylation is 1. The van der Waals surface area contributed by atoms with Gasteiger partial charge in [-0.05, 0) is 35.7 Å². The van der Waals surface area contributed by atoms with Crippen LogP contribution in [0, 0.1) is 6.92 Å². The maximum atomic E-state index is 11.7. The van der Waals surface area contributed by atoms with Gasteiger partial charge in [-0.2, -0.15) is 0 Å². The van der Waals surface area contributed by atoms with Crippen molar-refractivity contribution in [2.45, 2.75) is 25.1 Å². The SMILES string of the molecule is Cc1ccc2ccccc2c1C(N)C(C)S(C)(=O)=O. The van der Waals surface area contributed by atoms with Crippen LogP contribution in [-0.4, -0.2) is 19.9 Å². The molecule has 2 N–H and O–H groups in total. The molecule has 102 valence electrons. The van der Waals surface area contributed by atoms with Gasteiger partial charge in [0, 0.05) is 12.3 Å². The summed E-state index contributed by atoms with van der Waals surface area (Å²) in [5, 5.41) is 1.52. The third-order valence-corrected chi connectivity index (χ3v) is 5.35. The Morgan fingerprint density at radius 2 is 1.74 bits per heavy atom. The highest BCUT2D eigenvalue weighted by molar-refractivity contribution is 7.91. The van der Waals surface area contributed by atoms with E-state index in [1.54, 1.807) is 6.92 Å². The minimum Gasteiger partial charge on any atom is -0.323 e. The van der Waals surface area contributed by atoms with Crippen molar-refractivity contribution in [3.63, 3.8) is 0 Å². The third kappa shape index (κ3) is 2.65. The molecule has 3 nitrogen and oxygen atoms in total. The van der Waals surface area contributed by atoms with Gasteiger partial charge < -0.3 is 5.73 Å². The van der Waals surface area contributed by atoms with E-state index in [1.807, 2.05) is 43.3 Å². The second kappa shape index (κ2) is 4.94. The van der Waals surface area contributed by atoms with Crippen LogP contribution in [0.5, 0.6) is 0 Å². The van der Waals surface area contributed by atoms with E-state index in [0.29, 0.717) is 0 Å². The van der Waals surface area contributed by atoms with Crippen molar-refractivity contribution in [1.82, 2.24) is 0 Å². The van der Waals surface area contributed by atoms with Crippen molar-refractivity contribution >= 4 is 20.6 Å². The lowest BCUT2D eigenvalue weighted by molar-refractivity contribution is 0.571. The highest BCUT2D eigenvalue weighted by atomic mass is 32.2. The molecule has 0 aliphatic heterocycles. The van der Waals surface area contributed by atoms with Gasteiger partial charge in [-0.15, -0.1) is 0 Å². The molecule has 0 saturated carbocycles. The lowest BCUT2D eigenvalue weighted by Crippen LogP contribution is -2.31. The summed E-state index contributed by atoms with van der Waals surface area (Å²) in [4.78, 5) is 0. The summed E-state index contributed by atoms with van der Waals surface area (Å²) in [5.41, 5.74) is 8.17. The van der Waals surface area contributed by atoms with E-state index in [1.165, 1.54) is 6.26 Å². The Balaban J connectivity index is 2.65. The first-order chi connectivity index (χ1) is 8.82. The summed E-state index contributed by atoms with van der Waals surface area (Å²) in [6.07, 6.45) is 1.23. The molecular weight excluding hydrogens is 258 g/mol. The van der Waals surface area contributed by atoms with Crippen LogP contribution in [0.15, 0.2) is 36.4 Å². The van der Waals surface area contributed by atoms with Crippen LogP contribution in [0.25, 0.3) is 10.8 Å². The molecule has 0 radical (unpaired) electrons. The number of nitrogens with two attached hydrogens (primary N) is 1. The fourth-order valence-electron chi connectivity index (χ4n) is 2.35. The van der Waals surface area contributed by atoms with Crippen molar-refractivity contribution in [3.8, 4) is 0 Å². The van der Waals surface area contributed by atoms with Gasteiger partial charge in [0.1, 0.15) is 0 Å². The summed E-state index contributed by atoms with van der Waals surface area (Å²) in [6.45, 7) is 3.64. The number of rotatable bonds is 3. The van der Waals surface area contributed by atoms with Crippen LogP contribution in [0.1, 0.15) is 24.1 Å². The molecule has 0 aliphatic rings. The smallest absolute Gasteiger partial charge is 0.151 e. The van der Waals surface area contributed by atoms with Crippen molar-refractivity contribution in [1.29, 1.82) is 0 Å². The van der Waals surface area contributed by atoms with Gasteiger partial charge in [0.25, 0.3) is 0 Å². The normalized spacial score (nSPS) is 15.4. The van der Waals surface area contributed by atoms with Gasteiger partial charge in [-0.3, -0.25) is 0 Å². The highest BCUT2D eigenvalue weighted by Crippen LogP contribution is 2.30. The summed E-state index contributed by atoms with van der Waals surface area (Å²) in [7, 11) is -3.16. The van der Waals surface area contributed by atoms with Gasteiger partial charge in [0.2, 0.25) is 0 Å². The molecule has 19 heavy (non-hydrogen) atoms. The molecule has 4 heteroatoms. The lowest BCUT2D eigenvalue weighted by atomic mass is 9.93. The molecule has 0 amide bonds. The lowest BCUT2D eigenvalue weighted by Gasteiger charge is -2.22. The van der Waals surface area contributed by atoms with Crippen molar-refractivity contribution in [2.75, 3.05) is 6.26 Å². The predicted octanol–water partition coefficient (Wildman–Crippen LogP) is 2.58. The Labute approximate surface area is 114 Å². The van der Waals surface area contributed by atoms with E-state index in [2.05, 4.69) is 0 Å². The number of hydrogen-bond donors (Lipinski definition) is 1. The van der Waals surface area contributed by atoms with Gasteiger partial charge in [-0.1, -0.05) is 36.4 Å². The Hall–Kier alpha value is -1.39. The highest BCUT2D eigenvalue weighted by Gasteiger charge is 2.26. The van der Waals surface area contributed by atoms with E-state index in [-0.39, 0.29) is 0 Å². The van der Waals surface area contributed by atoms with Gasteiger partial charge in [0.05, 0.1) is 5.25 Å². The maximum absolute atomic E-state index is 11.7. The molecule has 0 saturated heterocycles. The van der Waals surface area contributed by atoms with Crippen LogP contribution < -0.4 is 5.73 Å². The van der Waals surface area contributed by atoms with Crippen molar-refractivity contribution in [2.24, 2.45) is 5.73 Å². The first kappa shape index (κ1) is 14.0. The average molecular weight is 277 g/mol. The Bertz CT molecular complexity index is 707. The van der Waals surface area contributed by atoms with Gasteiger partial charge in [0.15, 0.2) is 9.84 Å². The summed E-state index contributed by atoms with van der Waals surface area (Å²) in [5.74, 6) is 0. The molecule has 0 bridgehead atoms. The van der Waals surface area contributed by atoms with Crippen LogP contribution >= 0.6 is 0 Å². The molecule has 0 fully saturated rings. The topological polar surface area (TPSA) is 60.2 Å². The third-order valence-electron chi connectivity index (χ3n) is 3.70. The second-order valence-electron chi connectivity index (χ2n) is 5.08. The molecule has 0 heterocycles. The second-order valence-corrected chi connectivity index (χ2v) is 7.48. The first-order valence-corrected chi connectivity index (χ1v) is 8.20. The first-order valence-electron chi connectivity index (χ1n) is 6.25. The number of fused-ring (bicyclic) bond motifs is 1. The van der Waals surface area contributed by atoms with E-state index < -0.39 is 21.1 Å². The Morgan fingerprint density at radius 1 is 1.11 bits per heavy atom. The summed E-state index contributed by atoms with van der Waals surface area (Å²) in [6, 6.07) is 11.4.